The van der Waals surface area contributed by atoms with E-state index < -0.39 is 16.1 Å². The number of anilines is 2. The summed E-state index contributed by atoms with van der Waals surface area (Å²) in [6, 6.07) is 11.4. The van der Waals surface area contributed by atoms with Crippen LogP contribution in [0.3, 0.4) is 0 Å². The second-order valence-electron chi connectivity index (χ2n) is 6.97. The highest BCUT2D eigenvalue weighted by molar-refractivity contribution is 7.89. The average Bonchev–Trinajstić information content (AvgIpc) is 2.70. The van der Waals surface area contributed by atoms with Crippen LogP contribution in [-0.2, 0) is 10.0 Å². The van der Waals surface area contributed by atoms with Crippen LogP contribution in [0.2, 0.25) is 0 Å². The Morgan fingerprint density at radius 1 is 1.03 bits per heavy atom. The highest BCUT2D eigenvalue weighted by atomic mass is 32.2. The van der Waals surface area contributed by atoms with Gasteiger partial charge in [0, 0.05) is 31.9 Å². The third-order valence-corrected chi connectivity index (χ3v) is 6.92. The van der Waals surface area contributed by atoms with Crippen LogP contribution < -0.4 is 15.4 Å². The Morgan fingerprint density at radius 3 is 2.41 bits per heavy atom. The maximum Gasteiger partial charge on any atom is 0.323 e. The SMILES string of the molecule is COc1ccccc1NC(=O)Nc1ccc(C)c(S(=O)(=O)N2CCN(C)CC2)c1. The topological polar surface area (TPSA) is 91.0 Å². The number of likely N-dealkylation sites (N-methyl/N-ethyl adjacent to an activating group) is 1. The summed E-state index contributed by atoms with van der Waals surface area (Å²) in [5.74, 6) is 0.532. The molecule has 0 atom stereocenters. The Balaban J connectivity index is 1.77. The Labute approximate surface area is 171 Å². The first-order valence-corrected chi connectivity index (χ1v) is 10.8. The van der Waals surface area contributed by atoms with E-state index in [-0.39, 0.29) is 4.90 Å². The molecule has 1 aliphatic rings. The smallest absolute Gasteiger partial charge is 0.323 e. The zero-order valence-electron chi connectivity index (χ0n) is 16.8. The largest absolute Gasteiger partial charge is 0.495 e. The number of methoxy groups -OCH3 is 1. The van der Waals surface area contributed by atoms with E-state index in [2.05, 4.69) is 15.5 Å². The normalized spacial score (nSPS) is 15.7. The van der Waals surface area contributed by atoms with Gasteiger partial charge in [0.15, 0.2) is 0 Å². The molecule has 9 heteroatoms. The minimum Gasteiger partial charge on any atom is -0.495 e. The molecule has 2 aromatic carbocycles. The van der Waals surface area contributed by atoms with Crippen molar-refractivity contribution in [2.75, 3.05) is 51.0 Å². The van der Waals surface area contributed by atoms with Crippen LogP contribution in [0.25, 0.3) is 0 Å². The van der Waals surface area contributed by atoms with Gasteiger partial charge < -0.3 is 20.3 Å². The van der Waals surface area contributed by atoms with E-state index in [1.807, 2.05) is 7.05 Å². The van der Waals surface area contributed by atoms with Gasteiger partial charge in [0.1, 0.15) is 5.75 Å². The molecule has 0 aromatic heterocycles. The molecule has 8 nitrogen and oxygen atoms in total. The second-order valence-corrected chi connectivity index (χ2v) is 8.87. The number of para-hydroxylation sites is 2. The molecule has 0 saturated carbocycles. The summed E-state index contributed by atoms with van der Waals surface area (Å²) in [6.07, 6.45) is 0. The van der Waals surface area contributed by atoms with Gasteiger partial charge in [-0.25, -0.2) is 13.2 Å². The lowest BCUT2D eigenvalue weighted by Gasteiger charge is -2.32. The summed E-state index contributed by atoms with van der Waals surface area (Å²) in [5, 5.41) is 5.41. The first-order chi connectivity index (χ1) is 13.8. The predicted octanol–water partition coefficient (Wildman–Crippen LogP) is 2.58. The number of carbonyl (C=O) groups excluding carboxylic acids is 1. The lowest BCUT2D eigenvalue weighted by molar-refractivity contribution is 0.222. The maximum absolute atomic E-state index is 13.1. The van der Waals surface area contributed by atoms with Gasteiger partial charge in [-0.3, -0.25) is 0 Å². The van der Waals surface area contributed by atoms with Crippen molar-refractivity contribution in [1.29, 1.82) is 0 Å². The van der Waals surface area contributed by atoms with Crippen molar-refractivity contribution in [2.45, 2.75) is 11.8 Å². The molecule has 3 rings (SSSR count). The summed E-state index contributed by atoms with van der Waals surface area (Å²) >= 11 is 0. The summed E-state index contributed by atoms with van der Waals surface area (Å²) < 4.78 is 32.9. The molecule has 1 saturated heterocycles. The number of hydrogen-bond donors (Lipinski definition) is 2. The molecular formula is C20H26N4O4S. The van der Waals surface area contributed by atoms with Gasteiger partial charge in [0.05, 0.1) is 17.7 Å². The van der Waals surface area contributed by atoms with E-state index in [1.165, 1.54) is 17.5 Å². The number of amides is 2. The summed E-state index contributed by atoms with van der Waals surface area (Å²) in [4.78, 5) is 14.7. The summed E-state index contributed by atoms with van der Waals surface area (Å²) in [5.41, 5.74) is 1.56. The quantitative estimate of drug-likeness (QED) is 0.779. The molecule has 156 valence electrons. The molecule has 0 bridgehead atoms. The number of nitrogens with zero attached hydrogens (tertiary/aromatic N) is 2. The molecular weight excluding hydrogens is 392 g/mol. The molecule has 1 aliphatic heterocycles. The fraction of sp³-hybridized carbons (Fsp3) is 0.350. The number of ether oxygens (including phenoxy) is 1. The molecule has 0 aliphatic carbocycles. The molecule has 1 heterocycles. The number of urea groups is 1. The Kier molecular flexibility index (Phi) is 6.41. The van der Waals surface area contributed by atoms with Crippen LogP contribution in [0, 0.1) is 6.92 Å². The van der Waals surface area contributed by atoms with E-state index in [1.54, 1.807) is 43.3 Å². The Bertz CT molecular complexity index is 986. The van der Waals surface area contributed by atoms with E-state index in [0.717, 1.165) is 0 Å². The highest BCUT2D eigenvalue weighted by Gasteiger charge is 2.29. The first-order valence-electron chi connectivity index (χ1n) is 9.31. The zero-order chi connectivity index (χ0) is 21.0. The molecule has 2 amide bonds. The first kappa shape index (κ1) is 21.1. The number of nitrogens with one attached hydrogen (secondary N) is 2. The van der Waals surface area contributed by atoms with Crippen molar-refractivity contribution in [3.05, 3.63) is 48.0 Å². The Morgan fingerprint density at radius 2 is 1.72 bits per heavy atom. The van der Waals surface area contributed by atoms with Crippen LogP contribution in [0.5, 0.6) is 5.75 Å². The molecule has 29 heavy (non-hydrogen) atoms. The fourth-order valence-electron chi connectivity index (χ4n) is 3.16. The average molecular weight is 419 g/mol. The van der Waals surface area contributed by atoms with Crippen LogP contribution in [0.15, 0.2) is 47.4 Å². The minimum atomic E-state index is -3.63. The van der Waals surface area contributed by atoms with Gasteiger partial charge in [0.25, 0.3) is 0 Å². The minimum absolute atomic E-state index is 0.206. The van der Waals surface area contributed by atoms with Crippen LogP contribution in [0.1, 0.15) is 5.56 Å². The Hall–Kier alpha value is -2.62. The van der Waals surface area contributed by atoms with Crippen molar-refractivity contribution in [3.8, 4) is 5.75 Å². The maximum atomic E-state index is 13.1. The molecule has 0 radical (unpaired) electrons. The number of aryl methyl sites for hydroxylation is 1. The van der Waals surface area contributed by atoms with Gasteiger partial charge in [0.2, 0.25) is 10.0 Å². The van der Waals surface area contributed by atoms with Gasteiger partial charge in [-0.2, -0.15) is 4.31 Å². The van der Waals surface area contributed by atoms with E-state index in [9.17, 15) is 13.2 Å². The lowest BCUT2D eigenvalue weighted by atomic mass is 10.2. The van der Waals surface area contributed by atoms with Gasteiger partial charge in [-0.1, -0.05) is 18.2 Å². The van der Waals surface area contributed by atoms with Crippen molar-refractivity contribution >= 4 is 27.4 Å². The van der Waals surface area contributed by atoms with Gasteiger partial charge in [-0.15, -0.1) is 0 Å². The molecule has 2 aromatic rings. The van der Waals surface area contributed by atoms with E-state index in [0.29, 0.717) is 48.9 Å². The van der Waals surface area contributed by atoms with Crippen molar-refractivity contribution in [2.24, 2.45) is 0 Å². The monoisotopic (exact) mass is 418 g/mol. The number of piperazine rings is 1. The van der Waals surface area contributed by atoms with Crippen molar-refractivity contribution < 1.29 is 17.9 Å². The number of carbonyl (C=O) groups is 1. The number of hydrogen-bond acceptors (Lipinski definition) is 5. The molecule has 1 fully saturated rings. The third kappa shape index (κ3) is 4.87. The van der Waals surface area contributed by atoms with E-state index in [4.69, 9.17) is 4.74 Å². The highest BCUT2D eigenvalue weighted by Crippen LogP contribution is 2.26. The number of rotatable bonds is 5. The van der Waals surface area contributed by atoms with Crippen LogP contribution in [-0.4, -0.2) is 64.0 Å². The molecule has 0 unspecified atom stereocenters. The predicted molar refractivity (Wildman–Crippen MR) is 113 cm³/mol. The van der Waals surface area contributed by atoms with Crippen LogP contribution >= 0.6 is 0 Å². The number of benzene rings is 2. The standard InChI is InChI=1S/C20H26N4O4S/c1-15-8-9-16(21-20(25)22-17-6-4-5-7-18(17)28-3)14-19(15)29(26,27)24-12-10-23(2)11-13-24/h4-9,14H,10-13H2,1-3H3,(H2,21,22,25). The van der Waals surface area contributed by atoms with Gasteiger partial charge in [-0.05, 0) is 43.8 Å². The number of sulfonamides is 1. The molecule has 2 N–H and O–H groups in total. The summed E-state index contributed by atoms with van der Waals surface area (Å²) in [6.45, 7) is 4.03. The second kappa shape index (κ2) is 8.81. The van der Waals surface area contributed by atoms with E-state index >= 15 is 0 Å². The fourth-order valence-corrected chi connectivity index (χ4v) is 4.83. The summed E-state index contributed by atoms with van der Waals surface area (Å²) in [7, 11) is -0.135. The zero-order valence-corrected chi connectivity index (χ0v) is 17.6. The van der Waals surface area contributed by atoms with Gasteiger partial charge >= 0.3 is 6.03 Å². The van der Waals surface area contributed by atoms with Crippen molar-refractivity contribution in [1.82, 2.24) is 9.21 Å². The van der Waals surface area contributed by atoms with Crippen LogP contribution in [0.4, 0.5) is 16.2 Å². The van der Waals surface area contributed by atoms with Crippen molar-refractivity contribution in [3.63, 3.8) is 0 Å². The lowest BCUT2D eigenvalue weighted by Crippen LogP contribution is -2.47. The third-order valence-electron chi connectivity index (χ3n) is 4.88. The molecule has 0 spiro atoms.